The van der Waals surface area contributed by atoms with E-state index in [0.29, 0.717) is 0 Å². The summed E-state index contributed by atoms with van der Waals surface area (Å²) in [4.78, 5) is 0. The number of aromatic nitrogens is 4. The molecule has 0 amide bonds. The molecule has 3 rings (SSSR count). The van der Waals surface area contributed by atoms with E-state index in [1.807, 2.05) is 47.5 Å². The molecule has 102 valence electrons. The highest BCUT2D eigenvalue weighted by atomic mass is 32.2. The van der Waals surface area contributed by atoms with E-state index < -0.39 is 0 Å². The number of thioether (sulfide) groups is 2. The van der Waals surface area contributed by atoms with Crippen molar-refractivity contribution in [3.63, 3.8) is 0 Å². The second kappa shape index (κ2) is 6.43. The van der Waals surface area contributed by atoms with Crippen LogP contribution in [0.3, 0.4) is 0 Å². The molecule has 3 aromatic rings. The van der Waals surface area contributed by atoms with Crippen molar-refractivity contribution >= 4 is 34.9 Å². The largest absolute Gasteiger partial charge is 0.241 e. The van der Waals surface area contributed by atoms with Crippen LogP contribution in [-0.2, 0) is 5.75 Å². The van der Waals surface area contributed by atoms with E-state index in [9.17, 15) is 0 Å². The number of nitrogens with zero attached hydrogens (tertiary/aromatic N) is 4. The minimum atomic E-state index is 0.857. The van der Waals surface area contributed by atoms with Gasteiger partial charge in [0.15, 0.2) is 8.68 Å². The lowest BCUT2D eigenvalue weighted by Gasteiger charge is -1.98. The van der Waals surface area contributed by atoms with Gasteiger partial charge < -0.3 is 0 Å². The summed E-state index contributed by atoms with van der Waals surface area (Å²) in [5.74, 6) is 0.857. The minimum absolute atomic E-state index is 0.857. The second-order valence-corrected chi connectivity index (χ2v) is 7.21. The molecule has 2 heterocycles. The molecule has 0 saturated carbocycles. The van der Waals surface area contributed by atoms with E-state index >= 15 is 0 Å². The lowest BCUT2D eigenvalue weighted by Crippen LogP contribution is -1.92. The molecular weight excluding hydrogens is 308 g/mol. The summed E-state index contributed by atoms with van der Waals surface area (Å²) in [6, 6.07) is 10.1. The topological polar surface area (TPSA) is 43.6 Å². The third-order valence-electron chi connectivity index (χ3n) is 2.58. The molecule has 2 aromatic heterocycles. The molecule has 0 aliphatic heterocycles. The Balaban J connectivity index is 1.65. The van der Waals surface area contributed by atoms with Crippen LogP contribution in [0.5, 0.6) is 0 Å². The van der Waals surface area contributed by atoms with Crippen molar-refractivity contribution in [2.75, 3.05) is 6.26 Å². The van der Waals surface area contributed by atoms with Gasteiger partial charge in [-0.05, 0) is 18.4 Å². The van der Waals surface area contributed by atoms with Crippen LogP contribution in [0, 0.1) is 0 Å². The fraction of sp³-hybridized carbons (Fsp3) is 0.154. The average molecular weight is 320 g/mol. The molecule has 0 bridgehead atoms. The van der Waals surface area contributed by atoms with Gasteiger partial charge in [-0.1, -0.05) is 53.1 Å². The zero-order valence-corrected chi connectivity index (χ0v) is 13.2. The van der Waals surface area contributed by atoms with Crippen LogP contribution in [0.4, 0.5) is 0 Å². The van der Waals surface area contributed by atoms with Crippen LogP contribution in [0.15, 0.2) is 51.4 Å². The lowest BCUT2D eigenvalue weighted by molar-refractivity contribution is 0.880. The Bertz CT molecular complexity index is 678. The molecule has 1 aromatic carbocycles. The average Bonchev–Trinajstić information content (AvgIpc) is 3.15. The summed E-state index contributed by atoms with van der Waals surface area (Å²) in [6.07, 6.45) is 5.97. The number of benzene rings is 1. The molecule has 4 nitrogen and oxygen atoms in total. The Labute approximate surface area is 129 Å². The molecule has 0 N–H and O–H groups in total. The molecule has 7 heteroatoms. The molecule has 0 aliphatic rings. The normalized spacial score (nSPS) is 10.8. The minimum Gasteiger partial charge on any atom is -0.241 e. The van der Waals surface area contributed by atoms with E-state index in [1.165, 1.54) is 5.56 Å². The van der Waals surface area contributed by atoms with Gasteiger partial charge in [0.25, 0.3) is 0 Å². The second-order valence-electron chi connectivity index (χ2n) is 3.96. The fourth-order valence-corrected chi connectivity index (χ4v) is 3.99. The fourth-order valence-electron chi connectivity index (χ4n) is 1.64. The Kier molecular flexibility index (Phi) is 4.39. The van der Waals surface area contributed by atoms with Gasteiger partial charge in [0, 0.05) is 17.5 Å². The standard InChI is InChI=1S/C13H12N4S3/c1-18-12-15-16-13(20-12)19-9-10-7-14-17(8-10)11-5-3-2-4-6-11/h2-8H,9H2,1H3. The van der Waals surface area contributed by atoms with Crippen molar-refractivity contribution in [2.45, 2.75) is 14.4 Å². The predicted molar refractivity (Wildman–Crippen MR) is 84.8 cm³/mol. The number of hydrogen-bond donors (Lipinski definition) is 0. The van der Waals surface area contributed by atoms with Gasteiger partial charge in [-0.3, -0.25) is 0 Å². The monoisotopic (exact) mass is 320 g/mol. The summed E-state index contributed by atoms with van der Waals surface area (Å²) in [6.45, 7) is 0. The maximum Gasteiger partial charge on any atom is 0.175 e. The van der Waals surface area contributed by atoms with Crippen molar-refractivity contribution < 1.29 is 0 Å². The van der Waals surface area contributed by atoms with Gasteiger partial charge in [0.1, 0.15) is 0 Å². The van der Waals surface area contributed by atoms with Crippen molar-refractivity contribution in [3.05, 3.63) is 48.3 Å². The summed E-state index contributed by atoms with van der Waals surface area (Å²) >= 11 is 4.96. The highest BCUT2D eigenvalue weighted by Crippen LogP contribution is 2.29. The van der Waals surface area contributed by atoms with Gasteiger partial charge in [-0.15, -0.1) is 10.2 Å². The van der Waals surface area contributed by atoms with Crippen molar-refractivity contribution in [2.24, 2.45) is 0 Å². The van der Waals surface area contributed by atoms with E-state index in [0.717, 1.165) is 20.1 Å². The Hall–Kier alpha value is -1.31. The van der Waals surface area contributed by atoms with E-state index in [1.54, 1.807) is 34.9 Å². The highest BCUT2D eigenvalue weighted by molar-refractivity contribution is 8.02. The molecule has 0 aliphatic carbocycles. The number of rotatable bonds is 5. The molecule has 0 saturated heterocycles. The van der Waals surface area contributed by atoms with Gasteiger partial charge in [0.2, 0.25) is 0 Å². The smallest absolute Gasteiger partial charge is 0.175 e. The van der Waals surface area contributed by atoms with Crippen LogP contribution >= 0.6 is 34.9 Å². The maximum atomic E-state index is 4.39. The molecule has 0 fully saturated rings. The first kappa shape index (κ1) is 13.7. The molecule has 0 atom stereocenters. The van der Waals surface area contributed by atoms with Crippen molar-refractivity contribution in [3.8, 4) is 5.69 Å². The third kappa shape index (κ3) is 3.23. The summed E-state index contributed by atoms with van der Waals surface area (Å²) < 4.78 is 3.90. The van der Waals surface area contributed by atoms with Gasteiger partial charge in [0.05, 0.1) is 11.9 Å². The first-order valence-electron chi connectivity index (χ1n) is 5.94. The van der Waals surface area contributed by atoms with Crippen LogP contribution in [-0.4, -0.2) is 26.2 Å². The van der Waals surface area contributed by atoms with Crippen molar-refractivity contribution in [1.29, 1.82) is 0 Å². The van der Waals surface area contributed by atoms with Gasteiger partial charge in [-0.2, -0.15) is 5.10 Å². The molecule has 0 spiro atoms. The Morgan fingerprint density at radius 3 is 2.70 bits per heavy atom. The number of para-hydroxylation sites is 1. The van der Waals surface area contributed by atoms with Crippen LogP contribution in [0.25, 0.3) is 5.69 Å². The number of hydrogen-bond acceptors (Lipinski definition) is 6. The highest BCUT2D eigenvalue weighted by Gasteiger charge is 2.06. The summed E-state index contributed by atoms with van der Waals surface area (Å²) in [7, 11) is 0. The Morgan fingerprint density at radius 1 is 1.15 bits per heavy atom. The zero-order chi connectivity index (χ0) is 13.8. The van der Waals surface area contributed by atoms with Gasteiger partial charge >= 0.3 is 0 Å². The molecule has 0 unspecified atom stereocenters. The maximum absolute atomic E-state index is 4.39. The quantitative estimate of drug-likeness (QED) is 0.670. The van der Waals surface area contributed by atoms with E-state index in [4.69, 9.17) is 0 Å². The third-order valence-corrected chi connectivity index (χ3v) is 5.68. The first-order chi connectivity index (χ1) is 9.85. The molecule has 0 radical (unpaired) electrons. The van der Waals surface area contributed by atoms with Crippen molar-refractivity contribution in [1.82, 2.24) is 20.0 Å². The summed E-state index contributed by atoms with van der Waals surface area (Å²) in [5.41, 5.74) is 2.25. The lowest BCUT2D eigenvalue weighted by atomic mass is 10.3. The van der Waals surface area contributed by atoms with E-state index in [-0.39, 0.29) is 0 Å². The first-order valence-corrected chi connectivity index (χ1v) is 8.97. The van der Waals surface area contributed by atoms with Crippen LogP contribution in [0.1, 0.15) is 5.56 Å². The Morgan fingerprint density at radius 2 is 1.95 bits per heavy atom. The van der Waals surface area contributed by atoms with Crippen LogP contribution < -0.4 is 0 Å². The SMILES string of the molecule is CSc1nnc(SCc2cnn(-c3ccccc3)c2)s1. The van der Waals surface area contributed by atoms with Gasteiger partial charge in [-0.25, -0.2) is 4.68 Å². The van der Waals surface area contributed by atoms with Crippen LogP contribution in [0.2, 0.25) is 0 Å². The molecular formula is C13H12N4S3. The molecule has 20 heavy (non-hydrogen) atoms. The predicted octanol–water partition coefficient (Wildman–Crippen LogP) is 3.74. The zero-order valence-electron chi connectivity index (χ0n) is 10.8. The summed E-state index contributed by atoms with van der Waals surface area (Å²) in [5, 5.41) is 12.6. The van der Waals surface area contributed by atoms with E-state index in [2.05, 4.69) is 21.5 Å².